The monoisotopic (exact) mass is 329 g/mol. The minimum atomic E-state index is 0.493. The van der Waals surface area contributed by atoms with Crippen LogP contribution in [0, 0.1) is 0 Å². The van der Waals surface area contributed by atoms with Gasteiger partial charge >= 0.3 is 0 Å². The summed E-state index contributed by atoms with van der Waals surface area (Å²) < 4.78 is 1.26. The van der Waals surface area contributed by atoms with E-state index in [2.05, 4.69) is 76.7 Å². The highest BCUT2D eigenvalue weighted by molar-refractivity contribution is 9.10. The highest BCUT2D eigenvalue weighted by Crippen LogP contribution is 2.35. The van der Waals surface area contributed by atoms with E-state index in [9.17, 15) is 0 Å². The molecule has 104 valence electrons. The molecule has 1 aliphatic carbocycles. The van der Waals surface area contributed by atoms with E-state index in [0.717, 1.165) is 6.42 Å². The molecule has 1 nitrogen and oxygen atoms in total. The third-order valence-corrected chi connectivity index (χ3v) is 4.83. The number of halogens is 1. The maximum absolute atomic E-state index is 3.79. The van der Waals surface area contributed by atoms with Crippen LogP contribution < -0.4 is 5.32 Å². The fraction of sp³-hybridized carbons (Fsp3) is 0.333. The van der Waals surface area contributed by atoms with Gasteiger partial charge in [0.1, 0.15) is 0 Å². The molecule has 0 aliphatic heterocycles. The van der Waals surface area contributed by atoms with E-state index in [1.54, 1.807) is 0 Å². The molecule has 2 aromatic carbocycles. The standard InChI is InChI=1S/C18H20BrN/c1-13(12-14-6-3-2-4-7-14)20-18-11-10-15-16(18)8-5-9-17(15)19/h2-9,13,18,20H,10-12H2,1H3. The molecule has 3 rings (SSSR count). The van der Waals surface area contributed by atoms with Crippen molar-refractivity contribution in [2.45, 2.75) is 38.3 Å². The van der Waals surface area contributed by atoms with Gasteiger partial charge in [-0.1, -0.05) is 58.4 Å². The molecule has 0 spiro atoms. The van der Waals surface area contributed by atoms with Crippen LogP contribution in [0.1, 0.15) is 36.1 Å². The minimum Gasteiger partial charge on any atom is -0.307 e. The Balaban J connectivity index is 1.67. The summed E-state index contributed by atoms with van der Waals surface area (Å²) in [6.45, 7) is 2.28. The maximum atomic E-state index is 3.79. The van der Waals surface area contributed by atoms with Gasteiger partial charge in [0.05, 0.1) is 0 Å². The summed E-state index contributed by atoms with van der Waals surface area (Å²) in [6.07, 6.45) is 3.46. The SMILES string of the molecule is CC(Cc1ccccc1)NC1CCc2c(Br)cccc21. The van der Waals surface area contributed by atoms with Gasteiger partial charge in [-0.25, -0.2) is 0 Å². The highest BCUT2D eigenvalue weighted by Gasteiger charge is 2.24. The van der Waals surface area contributed by atoms with Crippen molar-refractivity contribution >= 4 is 15.9 Å². The summed E-state index contributed by atoms with van der Waals surface area (Å²) in [7, 11) is 0. The normalized spacial score (nSPS) is 18.8. The van der Waals surface area contributed by atoms with Crippen LogP contribution in [-0.4, -0.2) is 6.04 Å². The lowest BCUT2D eigenvalue weighted by molar-refractivity contribution is 0.451. The van der Waals surface area contributed by atoms with Gasteiger partial charge in [0, 0.05) is 16.6 Å². The van der Waals surface area contributed by atoms with Gasteiger partial charge in [-0.05, 0) is 48.9 Å². The Labute approximate surface area is 129 Å². The summed E-state index contributed by atoms with van der Waals surface area (Å²) in [6, 6.07) is 18.3. The summed E-state index contributed by atoms with van der Waals surface area (Å²) in [5.74, 6) is 0. The van der Waals surface area contributed by atoms with Crippen LogP contribution in [0.15, 0.2) is 53.0 Å². The van der Waals surface area contributed by atoms with Crippen molar-refractivity contribution in [3.8, 4) is 0 Å². The summed E-state index contributed by atoms with van der Waals surface area (Å²) in [5, 5.41) is 3.79. The van der Waals surface area contributed by atoms with Gasteiger partial charge in [0.25, 0.3) is 0 Å². The molecule has 1 N–H and O–H groups in total. The van der Waals surface area contributed by atoms with Crippen molar-refractivity contribution in [2.75, 3.05) is 0 Å². The fourth-order valence-electron chi connectivity index (χ4n) is 3.15. The highest BCUT2D eigenvalue weighted by atomic mass is 79.9. The lowest BCUT2D eigenvalue weighted by atomic mass is 10.0. The van der Waals surface area contributed by atoms with Gasteiger partial charge in [-0.3, -0.25) is 0 Å². The second kappa shape index (κ2) is 6.11. The van der Waals surface area contributed by atoms with Crippen molar-refractivity contribution < 1.29 is 0 Å². The van der Waals surface area contributed by atoms with Gasteiger partial charge < -0.3 is 5.32 Å². The average Bonchev–Trinajstić information content (AvgIpc) is 2.84. The van der Waals surface area contributed by atoms with E-state index >= 15 is 0 Å². The molecule has 0 radical (unpaired) electrons. The van der Waals surface area contributed by atoms with Crippen LogP contribution in [0.5, 0.6) is 0 Å². The summed E-state index contributed by atoms with van der Waals surface area (Å²) in [4.78, 5) is 0. The van der Waals surface area contributed by atoms with E-state index in [4.69, 9.17) is 0 Å². The predicted molar refractivity (Wildman–Crippen MR) is 87.9 cm³/mol. The molecule has 2 aromatic rings. The Hall–Kier alpha value is -1.12. The predicted octanol–water partition coefficient (Wildman–Crippen LogP) is 4.66. The van der Waals surface area contributed by atoms with Crippen LogP contribution in [0.3, 0.4) is 0 Å². The number of nitrogens with one attached hydrogen (secondary N) is 1. The minimum absolute atomic E-state index is 0.493. The molecule has 20 heavy (non-hydrogen) atoms. The number of hydrogen-bond acceptors (Lipinski definition) is 1. The first-order chi connectivity index (χ1) is 9.74. The topological polar surface area (TPSA) is 12.0 Å². The lowest BCUT2D eigenvalue weighted by Crippen LogP contribution is -2.31. The van der Waals surface area contributed by atoms with Crippen LogP contribution in [0.4, 0.5) is 0 Å². The quantitative estimate of drug-likeness (QED) is 0.860. The van der Waals surface area contributed by atoms with Crippen molar-refractivity contribution in [3.63, 3.8) is 0 Å². The van der Waals surface area contributed by atoms with E-state index in [1.807, 2.05) is 0 Å². The molecule has 0 aromatic heterocycles. The first-order valence-electron chi connectivity index (χ1n) is 7.31. The fourth-order valence-corrected chi connectivity index (χ4v) is 3.73. The molecule has 0 saturated heterocycles. The number of benzene rings is 2. The molecule has 0 amide bonds. The number of rotatable bonds is 4. The Morgan fingerprint density at radius 3 is 2.75 bits per heavy atom. The molecule has 0 saturated carbocycles. The molecule has 1 aliphatic rings. The van der Waals surface area contributed by atoms with Crippen LogP contribution in [-0.2, 0) is 12.8 Å². The zero-order chi connectivity index (χ0) is 13.9. The van der Waals surface area contributed by atoms with E-state index in [0.29, 0.717) is 12.1 Å². The van der Waals surface area contributed by atoms with Gasteiger partial charge in [-0.15, -0.1) is 0 Å². The maximum Gasteiger partial charge on any atom is 0.0328 e. The lowest BCUT2D eigenvalue weighted by Gasteiger charge is -2.20. The summed E-state index contributed by atoms with van der Waals surface area (Å²) in [5.41, 5.74) is 4.36. The molecule has 2 heteroatoms. The Morgan fingerprint density at radius 2 is 1.95 bits per heavy atom. The van der Waals surface area contributed by atoms with Crippen LogP contribution >= 0.6 is 15.9 Å². The third-order valence-electron chi connectivity index (χ3n) is 4.08. The zero-order valence-electron chi connectivity index (χ0n) is 11.8. The molecular weight excluding hydrogens is 310 g/mol. The van der Waals surface area contributed by atoms with Gasteiger partial charge in [0.15, 0.2) is 0 Å². The molecule has 0 fully saturated rings. The van der Waals surface area contributed by atoms with Crippen molar-refractivity contribution in [1.29, 1.82) is 0 Å². The summed E-state index contributed by atoms with van der Waals surface area (Å²) >= 11 is 3.67. The Morgan fingerprint density at radius 1 is 1.15 bits per heavy atom. The van der Waals surface area contributed by atoms with Crippen LogP contribution in [0.2, 0.25) is 0 Å². The zero-order valence-corrected chi connectivity index (χ0v) is 13.4. The second-order valence-corrected chi connectivity index (χ2v) is 6.51. The van der Waals surface area contributed by atoms with Crippen molar-refractivity contribution in [1.82, 2.24) is 5.32 Å². The smallest absolute Gasteiger partial charge is 0.0328 e. The molecule has 0 heterocycles. The molecular formula is C18H20BrN. The van der Waals surface area contributed by atoms with Crippen molar-refractivity contribution in [3.05, 3.63) is 69.7 Å². The second-order valence-electron chi connectivity index (χ2n) is 5.66. The molecule has 2 unspecified atom stereocenters. The Bertz CT molecular complexity index is 579. The largest absolute Gasteiger partial charge is 0.307 e. The first-order valence-corrected chi connectivity index (χ1v) is 8.10. The van der Waals surface area contributed by atoms with E-state index < -0.39 is 0 Å². The van der Waals surface area contributed by atoms with Gasteiger partial charge in [-0.2, -0.15) is 0 Å². The van der Waals surface area contributed by atoms with Crippen molar-refractivity contribution in [2.24, 2.45) is 0 Å². The van der Waals surface area contributed by atoms with Crippen LogP contribution in [0.25, 0.3) is 0 Å². The van der Waals surface area contributed by atoms with E-state index in [-0.39, 0.29) is 0 Å². The molecule has 0 bridgehead atoms. The molecule has 2 atom stereocenters. The first kappa shape index (κ1) is 13.8. The Kier molecular flexibility index (Phi) is 4.23. The third kappa shape index (κ3) is 2.97. The number of fused-ring (bicyclic) bond motifs is 1. The number of hydrogen-bond donors (Lipinski definition) is 1. The van der Waals surface area contributed by atoms with Gasteiger partial charge in [0.2, 0.25) is 0 Å². The van der Waals surface area contributed by atoms with E-state index in [1.165, 1.54) is 34.0 Å². The average molecular weight is 330 g/mol.